The number of nitrogens with two attached hydrogens (primary N) is 1. The average molecular weight is 1900 g/mol. The standard InChI is InChI=1S/C93H121IN14O17S2/c1-10-60(8)82(91(122)101-69(83(114)96-11-2)38-40-79(111)107-93(65-21-15-12-16-22-65,66-23-17-13-18-24-66)67-25-19-14-20-26-67)106-88(119)74(49-63-34-29-58(6)30-35-63)102-89(120)75-54-126-127-55-76(105-85(116)70(37-31-61(9)109)100-87(118)73(48-62-32-27-57(5)28-33-62)99-81(113)53-125-44-43-124-42-41-95)92(123)108-52-59(7)46-77(108)90(121)103-72(50-64-36-39-78(110)68(94)47-64)84(115)97-51-80(112)98-71(45-56(3)4)86(117)104-75/h12-30,32-36,39,47,56,59-60,69-77,82,110H,10-11,31,37-38,40-46,48-55,95H2,1-9H3,(H,96,114)(H,97,115)(H,98,112)(H,99,113)(H,100,118)(H,101,122)(H,102,120)(H,103,121)(H,104,117)(H,105,116)(H,106,119)(H,107,111)/t59-,60?,69+,70-,71+,72+,73+,74+,75+,76+,77-,82+/m1/s1. The van der Waals surface area contributed by atoms with Crippen LogP contribution in [-0.4, -0.2) is 217 Å². The summed E-state index contributed by atoms with van der Waals surface area (Å²) in [4.78, 5) is 207. The predicted octanol–water partition coefficient (Wildman–Crippen LogP) is 5.23. The van der Waals surface area contributed by atoms with Gasteiger partial charge in [-0.1, -0.05) is 219 Å². The number of aryl methyl sites for hydroxylation is 2. The Morgan fingerprint density at radius 1 is 0.598 bits per heavy atom. The van der Waals surface area contributed by atoms with Gasteiger partial charge in [-0.3, -0.25) is 62.3 Å². The highest BCUT2D eigenvalue weighted by atomic mass is 127. The maximum Gasteiger partial charge on any atom is 0.246 e. The topological polar surface area (TPSA) is 451 Å². The molecule has 0 aromatic heterocycles. The molecule has 13 amide bonds. The van der Waals surface area contributed by atoms with E-state index in [0.717, 1.165) is 49.4 Å². The molecule has 15 N–H and O–H groups in total. The highest BCUT2D eigenvalue weighted by Crippen LogP contribution is 2.38. The summed E-state index contributed by atoms with van der Waals surface area (Å²) in [5.41, 5.74) is 10.1. The molecule has 31 nitrogen and oxygen atoms in total. The molecule has 0 radical (unpaired) electrons. The quantitative estimate of drug-likeness (QED) is 0.0101. The number of rotatable bonds is 40. The van der Waals surface area contributed by atoms with Crippen LogP contribution in [0.25, 0.3) is 0 Å². The highest BCUT2D eigenvalue weighted by Gasteiger charge is 2.45. The van der Waals surface area contributed by atoms with E-state index in [1.807, 2.05) is 140 Å². The van der Waals surface area contributed by atoms with E-state index < -0.39 is 162 Å². The van der Waals surface area contributed by atoms with Gasteiger partial charge in [-0.25, -0.2) is 0 Å². The number of fused-ring (bicyclic) bond motifs is 1. The Kier molecular flexibility index (Phi) is 41.0. The van der Waals surface area contributed by atoms with Crippen LogP contribution in [-0.2, 0) is 101 Å². The summed E-state index contributed by atoms with van der Waals surface area (Å²) in [6, 6.07) is 32.8. The van der Waals surface area contributed by atoms with Crippen LogP contribution in [0.3, 0.4) is 0 Å². The summed E-state index contributed by atoms with van der Waals surface area (Å²) in [5, 5.41) is 44.3. The Morgan fingerprint density at radius 2 is 1.15 bits per heavy atom. The van der Waals surface area contributed by atoms with Gasteiger partial charge in [0.05, 0.1) is 29.9 Å². The zero-order valence-electron chi connectivity index (χ0n) is 73.4. The van der Waals surface area contributed by atoms with Gasteiger partial charge in [0.2, 0.25) is 76.8 Å². The lowest BCUT2D eigenvalue weighted by atomic mass is 9.77. The van der Waals surface area contributed by atoms with Crippen LogP contribution in [0, 0.1) is 35.2 Å². The summed E-state index contributed by atoms with van der Waals surface area (Å²) in [5.74, 6) is -12.6. The lowest BCUT2D eigenvalue weighted by Gasteiger charge is -2.37. The van der Waals surface area contributed by atoms with E-state index >= 15 is 33.6 Å². The minimum Gasteiger partial charge on any atom is -0.507 e. The number of amides is 13. The van der Waals surface area contributed by atoms with Crippen molar-refractivity contribution in [2.75, 3.05) is 64.1 Å². The number of hydrogen-bond donors (Lipinski definition) is 14. The van der Waals surface area contributed by atoms with E-state index in [9.17, 15) is 38.7 Å². The lowest BCUT2D eigenvalue weighted by Crippen LogP contribution is -2.61. The monoisotopic (exact) mass is 1900 g/mol. The molecule has 0 spiro atoms. The van der Waals surface area contributed by atoms with Crippen molar-refractivity contribution in [1.29, 1.82) is 0 Å². The second-order valence-electron chi connectivity index (χ2n) is 32.6. The van der Waals surface area contributed by atoms with Gasteiger partial charge in [0.15, 0.2) is 0 Å². The zero-order valence-corrected chi connectivity index (χ0v) is 77.1. The highest BCUT2D eigenvalue weighted by molar-refractivity contribution is 14.1. The van der Waals surface area contributed by atoms with Gasteiger partial charge >= 0.3 is 0 Å². The van der Waals surface area contributed by atoms with Gasteiger partial charge in [-0.05, 0) is 139 Å². The summed E-state index contributed by atoms with van der Waals surface area (Å²) >= 11 is 1.91. The van der Waals surface area contributed by atoms with Crippen molar-refractivity contribution in [2.45, 2.75) is 192 Å². The Morgan fingerprint density at radius 3 is 1.72 bits per heavy atom. The van der Waals surface area contributed by atoms with Gasteiger partial charge in [0.1, 0.15) is 84.1 Å². The van der Waals surface area contributed by atoms with Crippen LogP contribution in [0.2, 0.25) is 0 Å². The number of carbonyl (C=O) groups excluding carboxylic acids is 14. The van der Waals surface area contributed by atoms with Crippen molar-refractivity contribution in [2.24, 2.45) is 23.5 Å². The van der Waals surface area contributed by atoms with Crippen LogP contribution in [0.15, 0.2) is 158 Å². The van der Waals surface area contributed by atoms with Crippen molar-refractivity contribution in [3.8, 4) is 5.75 Å². The second kappa shape index (κ2) is 51.3. The van der Waals surface area contributed by atoms with Gasteiger partial charge in [-0.15, -0.1) is 0 Å². The molecule has 0 aliphatic carbocycles. The maximum absolute atomic E-state index is 15.7. The molecular weight excluding hydrogens is 1780 g/mol. The van der Waals surface area contributed by atoms with Crippen LogP contribution in [0.4, 0.5) is 0 Å². The molecule has 2 saturated heterocycles. The van der Waals surface area contributed by atoms with Gasteiger partial charge < -0.3 is 93.8 Å². The number of ketones is 1. The van der Waals surface area contributed by atoms with Gasteiger partial charge in [0, 0.05) is 63.2 Å². The minimum absolute atomic E-state index is 0.0137. The maximum atomic E-state index is 15.7. The fourth-order valence-corrected chi connectivity index (χ4v) is 17.7. The van der Waals surface area contributed by atoms with E-state index in [-0.39, 0.29) is 132 Å². The normalized spacial score (nSPS) is 18.7. The van der Waals surface area contributed by atoms with E-state index in [2.05, 4.69) is 63.8 Å². The van der Waals surface area contributed by atoms with Crippen molar-refractivity contribution in [1.82, 2.24) is 68.7 Å². The third kappa shape index (κ3) is 31.6. The van der Waals surface area contributed by atoms with Crippen molar-refractivity contribution in [3.05, 3.63) is 206 Å². The summed E-state index contributed by atoms with van der Waals surface area (Å²) in [6.45, 7) is 15.3. The van der Waals surface area contributed by atoms with Gasteiger partial charge in [-0.2, -0.15) is 0 Å². The van der Waals surface area contributed by atoms with Crippen molar-refractivity contribution in [3.63, 3.8) is 0 Å². The predicted molar refractivity (Wildman–Crippen MR) is 494 cm³/mol. The summed E-state index contributed by atoms with van der Waals surface area (Å²) in [7, 11) is 1.91. The van der Waals surface area contributed by atoms with E-state index in [0.29, 0.717) is 26.7 Å². The van der Waals surface area contributed by atoms with Crippen LogP contribution >= 0.6 is 44.2 Å². The molecule has 2 aliphatic rings. The molecule has 6 aromatic carbocycles. The van der Waals surface area contributed by atoms with Crippen LogP contribution < -0.4 is 69.5 Å². The lowest BCUT2D eigenvalue weighted by molar-refractivity contribution is -0.142. The Hall–Kier alpha value is -10.8. The molecule has 12 atom stereocenters. The second-order valence-corrected chi connectivity index (χ2v) is 36.4. The molecule has 2 fully saturated rings. The van der Waals surface area contributed by atoms with Crippen molar-refractivity contribution >= 4 is 127 Å². The van der Waals surface area contributed by atoms with Gasteiger partial charge in [0.25, 0.3) is 0 Å². The molecule has 2 heterocycles. The third-order valence-corrected chi connectivity index (χ3v) is 25.1. The first kappa shape index (κ1) is 102. The number of phenolic OH excluding ortho intramolecular Hbond substituents is 1. The van der Waals surface area contributed by atoms with Crippen LogP contribution in [0.5, 0.6) is 5.75 Å². The first-order valence-electron chi connectivity index (χ1n) is 43.0. The summed E-state index contributed by atoms with van der Waals surface area (Å²) in [6.07, 6.45) is -1.06. The van der Waals surface area contributed by atoms with E-state index in [1.165, 1.54) is 17.9 Å². The Balaban J connectivity index is 1.12. The van der Waals surface area contributed by atoms with E-state index in [4.69, 9.17) is 15.2 Å². The van der Waals surface area contributed by atoms with Crippen molar-refractivity contribution < 1.29 is 81.7 Å². The number of nitrogens with zero attached hydrogens (tertiary/aromatic N) is 1. The number of phenols is 1. The molecule has 684 valence electrons. The molecule has 127 heavy (non-hydrogen) atoms. The van der Waals surface area contributed by atoms with E-state index in [1.54, 1.807) is 90.1 Å². The number of halogens is 1. The smallest absolute Gasteiger partial charge is 0.246 e. The molecule has 34 heteroatoms. The molecular formula is C93H121IN14O17S2. The third-order valence-electron chi connectivity index (χ3n) is 21.8. The molecule has 1 unspecified atom stereocenters. The number of hydrogen-bond acceptors (Lipinski definition) is 20. The fraction of sp³-hybridized carbons (Fsp3) is 0.462. The molecule has 2 aliphatic heterocycles. The molecule has 8 rings (SSSR count). The molecule has 6 aromatic rings. The molecule has 0 bridgehead atoms. The Labute approximate surface area is 763 Å². The average Bonchev–Trinajstić information content (AvgIpc) is 1.29. The largest absolute Gasteiger partial charge is 0.507 e. The number of ether oxygens (including phenoxy) is 2. The first-order valence-corrected chi connectivity index (χ1v) is 46.6. The number of carbonyl (C=O) groups is 14. The number of Topliss-reactive ketones (excluding diaryl/α,β-unsaturated/α-hetero) is 1. The first-order chi connectivity index (χ1) is 60.8. The minimum atomic E-state index is -1.61. The number of nitrogens with one attached hydrogen (secondary N) is 12. The van der Waals surface area contributed by atoms with Crippen LogP contribution in [0.1, 0.15) is 138 Å². The Bertz CT molecular complexity index is 4620. The number of benzene rings is 6. The molecule has 0 saturated carbocycles. The fourth-order valence-electron chi connectivity index (χ4n) is 14.8. The SMILES string of the molecule is CCNC(=O)[C@H](CCC(=O)NC(c1ccccc1)(c1ccccc1)c1ccccc1)NC(=O)[C@@H](NC(=O)[C@H](Cc1ccc(C)cc1)NC(=O)[C@@H]1CSSC[C@H](NC(=O)[C@@H](CCC(C)=O)NC(=O)[C@H](Cc2ccc(C)cc2)NC(=O)COCCOCCN)C(=O)N2C[C@H](C)C[C@@H]2C(=O)N[C@@H](Cc2ccc(O)c(I)c2)C(=O)NCC(=O)N[C@@H](CC(C)C)C(=O)N1)C(C)CC. The number of aromatic hydroxyl groups is 1. The zero-order chi connectivity index (χ0) is 92.3. The number of likely N-dealkylation sites (N-methyl/N-ethyl adjacent to an activating group) is 1. The summed E-state index contributed by atoms with van der Waals surface area (Å²) < 4.78 is 11.3.